The minimum absolute atomic E-state index is 0.499. The number of carbonyl (C=O) groups is 1. The molecule has 2 heterocycles. The molecule has 2 aromatic carbocycles. The highest BCUT2D eigenvalue weighted by molar-refractivity contribution is 7.13. The van der Waals surface area contributed by atoms with Gasteiger partial charge in [-0.15, -0.1) is 11.3 Å². The third-order valence-corrected chi connectivity index (χ3v) is 5.61. The first-order valence-electron chi connectivity index (χ1n) is 9.58. The van der Waals surface area contributed by atoms with Crippen molar-refractivity contribution in [2.75, 3.05) is 14.2 Å². The number of aliphatic carboxylic acids is 1. The molecule has 0 aliphatic carbocycles. The molecular formula is C23H25N3O4S. The van der Waals surface area contributed by atoms with Gasteiger partial charge in [0, 0.05) is 18.3 Å². The number of thiophene rings is 1. The quantitative estimate of drug-likeness (QED) is 0.608. The third kappa shape index (κ3) is 5.35. The van der Waals surface area contributed by atoms with Crippen molar-refractivity contribution in [3.63, 3.8) is 0 Å². The number of ether oxygens (including phenoxy) is 2. The Morgan fingerprint density at radius 1 is 1.16 bits per heavy atom. The number of hydrogen-bond donors (Lipinski definition) is 2. The summed E-state index contributed by atoms with van der Waals surface area (Å²) in [6, 6.07) is 16.3. The van der Waals surface area contributed by atoms with E-state index >= 15 is 0 Å². The molecule has 1 aliphatic heterocycles. The summed E-state index contributed by atoms with van der Waals surface area (Å²) in [4.78, 5) is 16.9. The summed E-state index contributed by atoms with van der Waals surface area (Å²) in [5.41, 5.74) is 10.5. The van der Waals surface area contributed by atoms with Crippen LogP contribution in [0, 0.1) is 0 Å². The molecule has 0 bridgehead atoms. The summed E-state index contributed by atoms with van der Waals surface area (Å²) in [5, 5.41) is 9.49. The fourth-order valence-corrected chi connectivity index (χ4v) is 4.01. The Balaban J connectivity index is 0.000000628. The standard InChI is InChI=1S/C21H21N3O2S.C2H4O2/c1-25-18-5-3-6-19(26-2)16(18)13-24-12-15-9-8-14(20-7-4-10-27-20)11-17(15)23-21(24)22;1-2(3)4/h3-11H,12-13H2,1-2H3,(H2,22,23);1H3,(H,3,4). The molecule has 7 nitrogen and oxygen atoms in total. The normalized spacial score (nSPS) is 12.2. The highest BCUT2D eigenvalue weighted by Gasteiger charge is 2.21. The molecule has 3 N–H and O–H groups in total. The van der Waals surface area contributed by atoms with Gasteiger partial charge >= 0.3 is 0 Å². The van der Waals surface area contributed by atoms with Gasteiger partial charge in [-0.25, -0.2) is 4.99 Å². The lowest BCUT2D eigenvalue weighted by Gasteiger charge is -2.29. The number of fused-ring (bicyclic) bond motifs is 1. The zero-order valence-corrected chi connectivity index (χ0v) is 18.5. The van der Waals surface area contributed by atoms with Crippen LogP contribution in [0.25, 0.3) is 10.4 Å². The molecule has 0 radical (unpaired) electrons. The minimum atomic E-state index is -0.833. The molecule has 3 aromatic rings. The third-order valence-electron chi connectivity index (χ3n) is 4.69. The molecule has 0 atom stereocenters. The molecule has 4 rings (SSSR count). The van der Waals surface area contributed by atoms with Crippen LogP contribution in [0.3, 0.4) is 0 Å². The fourth-order valence-electron chi connectivity index (χ4n) is 3.29. The Labute approximate surface area is 185 Å². The van der Waals surface area contributed by atoms with Crippen molar-refractivity contribution in [1.82, 2.24) is 4.90 Å². The van der Waals surface area contributed by atoms with E-state index in [9.17, 15) is 0 Å². The maximum atomic E-state index is 9.00. The Hall–Kier alpha value is -3.52. The number of rotatable bonds is 5. The summed E-state index contributed by atoms with van der Waals surface area (Å²) < 4.78 is 11.0. The van der Waals surface area contributed by atoms with E-state index in [2.05, 4.69) is 40.7 Å². The van der Waals surface area contributed by atoms with Crippen molar-refractivity contribution in [3.8, 4) is 21.9 Å². The van der Waals surface area contributed by atoms with Gasteiger partial charge in [0.2, 0.25) is 0 Å². The van der Waals surface area contributed by atoms with Gasteiger partial charge in [0.25, 0.3) is 5.97 Å². The Bertz CT molecular complexity index is 1050. The maximum absolute atomic E-state index is 9.00. The fraction of sp³-hybridized carbons (Fsp3) is 0.217. The van der Waals surface area contributed by atoms with E-state index in [-0.39, 0.29) is 0 Å². The summed E-state index contributed by atoms with van der Waals surface area (Å²) in [6.07, 6.45) is 0. The topological polar surface area (TPSA) is 97.4 Å². The van der Waals surface area contributed by atoms with Crippen LogP contribution >= 0.6 is 11.3 Å². The predicted molar refractivity (Wildman–Crippen MR) is 123 cm³/mol. The van der Waals surface area contributed by atoms with Crippen LogP contribution in [0.15, 0.2) is 58.9 Å². The molecule has 0 saturated carbocycles. The zero-order valence-electron chi connectivity index (χ0n) is 17.7. The summed E-state index contributed by atoms with van der Waals surface area (Å²) >= 11 is 1.72. The molecule has 0 spiro atoms. The van der Waals surface area contributed by atoms with Crippen molar-refractivity contribution in [3.05, 3.63) is 65.0 Å². The highest BCUT2D eigenvalue weighted by Crippen LogP contribution is 2.35. The van der Waals surface area contributed by atoms with Crippen molar-refractivity contribution < 1.29 is 19.4 Å². The van der Waals surface area contributed by atoms with Crippen LogP contribution in [0.5, 0.6) is 11.5 Å². The van der Waals surface area contributed by atoms with Crippen molar-refractivity contribution >= 4 is 29.0 Å². The molecule has 162 valence electrons. The number of nitrogens with two attached hydrogens (primary N) is 1. The molecule has 0 saturated heterocycles. The van der Waals surface area contributed by atoms with Gasteiger partial charge < -0.3 is 25.2 Å². The van der Waals surface area contributed by atoms with E-state index in [1.165, 1.54) is 10.4 Å². The van der Waals surface area contributed by atoms with E-state index in [0.29, 0.717) is 19.0 Å². The van der Waals surface area contributed by atoms with E-state index in [0.717, 1.165) is 35.2 Å². The van der Waals surface area contributed by atoms with Crippen molar-refractivity contribution in [1.29, 1.82) is 0 Å². The first kappa shape index (κ1) is 22.2. The second-order valence-electron chi connectivity index (χ2n) is 6.81. The number of methoxy groups -OCH3 is 2. The van der Waals surface area contributed by atoms with Gasteiger partial charge in [-0.2, -0.15) is 0 Å². The largest absolute Gasteiger partial charge is 0.496 e. The summed E-state index contributed by atoms with van der Waals surface area (Å²) in [5.74, 6) is 1.22. The van der Waals surface area contributed by atoms with Crippen LogP contribution < -0.4 is 15.2 Å². The number of carboxylic acid groups (broad SMARTS) is 1. The second-order valence-corrected chi connectivity index (χ2v) is 7.75. The van der Waals surface area contributed by atoms with E-state index < -0.39 is 5.97 Å². The van der Waals surface area contributed by atoms with Crippen molar-refractivity contribution in [2.45, 2.75) is 20.0 Å². The Morgan fingerprint density at radius 2 is 1.84 bits per heavy atom. The van der Waals surface area contributed by atoms with E-state index in [1.807, 2.05) is 23.1 Å². The molecule has 8 heteroatoms. The molecule has 0 unspecified atom stereocenters. The van der Waals surface area contributed by atoms with Crippen molar-refractivity contribution in [2.24, 2.45) is 10.7 Å². The number of aliphatic imine (C=N–C) groups is 1. The van der Waals surface area contributed by atoms with Gasteiger partial charge in [0.05, 0.1) is 32.0 Å². The highest BCUT2D eigenvalue weighted by atomic mass is 32.1. The molecule has 31 heavy (non-hydrogen) atoms. The van der Waals surface area contributed by atoms with Gasteiger partial charge in [-0.05, 0) is 40.8 Å². The number of benzene rings is 2. The number of nitrogens with zero attached hydrogens (tertiary/aromatic N) is 2. The Kier molecular flexibility index (Phi) is 7.15. The molecule has 1 aliphatic rings. The zero-order chi connectivity index (χ0) is 22.4. The van der Waals surface area contributed by atoms with Gasteiger partial charge in [0.1, 0.15) is 11.5 Å². The number of guanidine groups is 1. The minimum Gasteiger partial charge on any atom is -0.496 e. The number of carboxylic acids is 1. The summed E-state index contributed by atoms with van der Waals surface area (Å²) in [7, 11) is 3.32. The molecular weight excluding hydrogens is 414 g/mol. The van der Waals surface area contributed by atoms with Gasteiger partial charge in [-0.1, -0.05) is 24.3 Å². The lowest BCUT2D eigenvalue weighted by atomic mass is 10.1. The SMILES string of the molecule is CC(=O)O.COc1cccc(OC)c1CN1Cc2ccc(-c3cccs3)cc2N=C1N. The monoisotopic (exact) mass is 439 g/mol. The van der Waals surface area contributed by atoms with Crippen LogP contribution in [0.4, 0.5) is 5.69 Å². The molecule has 0 amide bonds. The van der Waals surface area contributed by atoms with Gasteiger partial charge in [-0.3, -0.25) is 4.79 Å². The average Bonchev–Trinajstić information content (AvgIpc) is 3.28. The van der Waals surface area contributed by atoms with Crippen LogP contribution in [-0.2, 0) is 17.9 Å². The average molecular weight is 440 g/mol. The molecule has 0 fully saturated rings. The van der Waals surface area contributed by atoms with E-state index in [4.69, 9.17) is 25.1 Å². The molecule has 1 aromatic heterocycles. The van der Waals surface area contributed by atoms with Crippen LogP contribution in [0.2, 0.25) is 0 Å². The number of hydrogen-bond acceptors (Lipinski definition) is 7. The lowest BCUT2D eigenvalue weighted by molar-refractivity contribution is -0.134. The Morgan fingerprint density at radius 3 is 2.42 bits per heavy atom. The maximum Gasteiger partial charge on any atom is 0.300 e. The van der Waals surface area contributed by atoms with Crippen LogP contribution in [-0.4, -0.2) is 36.2 Å². The van der Waals surface area contributed by atoms with Crippen LogP contribution in [0.1, 0.15) is 18.1 Å². The second kappa shape index (κ2) is 9.99. The smallest absolute Gasteiger partial charge is 0.300 e. The van der Waals surface area contributed by atoms with E-state index in [1.54, 1.807) is 25.6 Å². The first-order chi connectivity index (χ1) is 14.9. The summed E-state index contributed by atoms with van der Waals surface area (Å²) in [6.45, 7) is 2.34. The van der Waals surface area contributed by atoms with Gasteiger partial charge in [0.15, 0.2) is 5.96 Å². The first-order valence-corrected chi connectivity index (χ1v) is 10.5. The predicted octanol–water partition coefficient (Wildman–Crippen LogP) is 4.49. The lowest BCUT2D eigenvalue weighted by Crippen LogP contribution is -2.38.